The maximum Gasteiger partial charge on any atom is 0.417 e. The van der Waals surface area contributed by atoms with Crippen LogP contribution in [0.2, 0.25) is 0 Å². The van der Waals surface area contributed by atoms with Crippen molar-refractivity contribution in [1.82, 2.24) is 20.1 Å². The molecule has 2 heterocycles. The number of hydrogen-bond acceptors (Lipinski definition) is 4. The Balaban J connectivity index is 1.61. The number of aromatic nitrogens is 3. The first-order chi connectivity index (χ1) is 15.7. The number of pyridine rings is 1. The fraction of sp³-hybridized carbons (Fsp3) is 0.208. The molecule has 0 aliphatic heterocycles. The summed E-state index contributed by atoms with van der Waals surface area (Å²) in [6, 6.07) is 18.7. The van der Waals surface area contributed by atoms with Crippen molar-refractivity contribution in [3.8, 4) is 11.3 Å². The second kappa shape index (κ2) is 8.93. The van der Waals surface area contributed by atoms with E-state index in [1.165, 1.54) is 4.68 Å². The van der Waals surface area contributed by atoms with Gasteiger partial charge in [0, 0.05) is 12.6 Å². The molecule has 0 spiro atoms. The first-order valence-corrected chi connectivity index (χ1v) is 10.3. The maximum atomic E-state index is 14.0. The van der Waals surface area contributed by atoms with Gasteiger partial charge in [-0.2, -0.15) is 18.3 Å². The molecule has 9 heteroatoms. The summed E-state index contributed by atoms with van der Waals surface area (Å²) in [5.74, 6) is -0.420. The molecule has 1 unspecified atom stereocenters. The number of rotatable bonds is 6. The van der Waals surface area contributed by atoms with E-state index in [1.54, 1.807) is 37.4 Å². The molecule has 2 aromatic heterocycles. The summed E-state index contributed by atoms with van der Waals surface area (Å²) >= 11 is 0. The zero-order valence-corrected chi connectivity index (χ0v) is 18.0. The quantitative estimate of drug-likeness (QED) is 0.434. The summed E-state index contributed by atoms with van der Waals surface area (Å²) < 4.78 is 43.3. The number of halogens is 3. The van der Waals surface area contributed by atoms with Crippen LogP contribution in [0.25, 0.3) is 22.3 Å². The predicted molar refractivity (Wildman–Crippen MR) is 120 cm³/mol. The van der Waals surface area contributed by atoms with Crippen LogP contribution in [0.1, 0.15) is 24.1 Å². The van der Waals surface area contributed by atoms with Gasteiger partial charge in [0.25, 0.3) is 0 Å². The Morgan fingerprint density at radius 2 is 1.70 bits per heavy atom. The number of carbonyl (C=O) groups excluding carboxylic acids is 1. The molecule has 1 atom stereocenters. The van der Waals surface area contributed by atoms with Gasteiger partial charge in [-0.1, -0.05) is 60.7 Å². The molecule has 0 aliphatic carbocycles. The van der Waals surface area contributed by atoms with E-state index in [0.717, 1.165) is 11.6 Å². The Morgan fingerprint density at radius 1 is 1.06 bits per heavy atom. The third-order valence-electron chi connectivity index (χ3n) is 5.25. The highest BCUT2D eigenvalue weighted by Crippen LogP contribution is 2.39. The molecule has 2 N–H and O–H groups in total. The number of hydrogen-bond donors (Lipinski definition) is 2. The summed E-state index contributed by atoms with van der Waals surface area (Å²) in [5, 5.41) is 9.75. The van der Waals surface area contributed by atoms with Gasteiger partial charge in [-0.15, -0.1) is 0 Å². The van der Waals surface area contributed by atoms with E-state index in [0.29, 0.717) is 5.56 Å². The summed E-state index contributed by atoms with van der Waals surface area (Å²) in [4.78, 5) is 16.7. The third-order valence-corrected chi connectivity index (χ3v) is 5.25. The number of nitrogens with zero attached hydrogens (tertiary/aromatic N) is 3. The lowest BCUT2D eigenvalue weighted by atomic mass is 10.0. The van der Waals surface area contributed by atoms with Gasteiger partial charge in [0.2, 0.25) is 5.91 Å². The summed E-state index contributed by atoms with van der Waals surface area (Å²) in [5.41, 5.74) is 0.900. The van der Waals surface area contributed by atoms with Crippen LogP contribution in [0.5, 0.6) is 0 Å². The van der Waals surface area contributed by atoms with Gasteiger partial charge < -0.3 is 10.6 Å². The molecule has 4 rings (SSSR count). The Kier molecular flexibility index (Phi) is 6.04. The van der Waals surface area contributed by atoms with E-state index < -0.39 is 11.7 Å². The molecule has 170 valence electrons. The number of anilines is 1. The molecule has 4 aromatic rings. The van der Waals surface area contributed by atoms with Crippen LogP contribution in [0.15, 0.2) is 66.7 Å². The van der Waals surface area contributed by atoms with Crippen molar-refractivity contribution >= 4 is 22.8 Å². The van der Waals surface area contributed by atoms with Crippen molar-refractivity contribution in [2.45, 2.75) is 19.1 Å². The molecular formula is C24H22F3N5O. The van der Waals surface area contributed by atoms with Crippen molar-refractivity contribution in [2.24, 2.45) is 7.05 Å². The fourth-order valence-corrected chi connectivity index (χ4v) is 3.65. The molecule has 0 fully saturated rings. The molecule has 6 nitrogen and oxygen atoms in total. The van der Waals surface area contributed by atoms with Crippen LogP contribution in [0, 0.1) is 0 Å². The second-order valence-electron chi connectivity index (χ2n) is 7.64. The average Bonchev–Trinajstić information content (AvgIpc) is 3.14. The highest BCUT2D eigenvalue weighted by atomic mass is 19.4. The van der Waals surface area contributed by atoms with Crippen molar-refractivity contribution in [1.29, 1.82) is 0 Å². The lowest BCUT2D eigenvalue weighted by Gasteiger charge is -2.15. The normalized spacial score (nSPS) is 12.5. The fourth-order valence-electron chi connectivity index (χ4n) is 3.65. The molecule has 0 saturated heterocycles. The molecule has 2 aromatic carbocycles. The molecular weight excluding hydrogens is 431 g/mol. The van der Waals surface area contributed by atoms with E-state index in [9.17, 15) is 18.0 Å². The van der Waals surface area contributed by atoms with Gasteiger partial charge in [0.15, 0.2) is 5.65 Å². The Morgan fingerprint density at radius 3 is 2.33 bits per heavy atom. The maximum absolute atomic E-state index is 14.0. The standard InChI is InChI=1S/C24H22F3N5O/c1-15(16-9-5-3-6-10-16)29-20(33)14-28-19-13-18(24(25,26)27)21-22(17-11-7-4-8-12-17)31-32(2)23(21)30-19/h3-13,15H,14H2,1-2H3,(H,28,30)(H,29,33). The predicted octanol–water partition coefficient (Wildman–Crippen LogP) is 4.94. The highest BCUT2D eigenvalue weighted by molar-refractivity contribution is 5.95. The van der Waals surface area contributed by atoms with E-state index in [2.05, 4.69) is 20.7 Å². The first kappa shape index (κ1) is 22.3. The summed E-state index contributed by atoms with van der Waals surface area (Å²) in [7, 11) is 1.54. The van der Waals surface area contributed by atoms with Gasteiger partial charge in [-0.05, 0) is 18.6 Å². The molecule has 0 aliphatic rings. The van der Waals surface area contributed by atoms with Gasteiger partial charge in [-0.3, -0.25) is 4.79 Å². The van der Waals surface area contributed by atoms with Crippen LogP contribution in [0.4, 0.5) is 19.0 Å². The molecule has 1 amide bonds. The largest absolute Gasteiger partial charge is 0.417 e. The van der Waals surface area contributed by atoms with Gasteiger partial charge >= 0.3 is 6.18 Å². The molecule has 0 bridgehead atoms. The topological polar surface area (TPSA) is 71.8 Å². The number of benzene rings is 2. The smallest absolute Gasteiger partial charge is 0.361 e. The number of fused-ring (bicyclic) bond motifs is 1. The Labute approximate surface area is 188 Å². The number of carbonyl (C=O) groups is 1. The van der Waals surface area contributed by atoms with Crippen LogP contribution in [-0.2, 0) is 18.0 Å². The van der Waals surface area contributed by atoms with Crippen LogP contribution in [0.3, 0.4) is 0 Å². The zero-order chi connectivity index (χ0) is 23.6. The van der Waals surface area contributed by atoms with Crippen LogP contribution >= 0.6 is 0 Å². The van der Waals surface area contributed by atoms with Crippen LogP contribution in [-0.4, -0.2) is 27.2 Å². The highest BCUT2D eigenvalue weighted by Gasteiger charge is 2.36. The second-order valence-corrected chi connectivity index (χ2v) is 7.64. The Hall–Kier alpha value is -3.88. The summed E-state index contributed by atoms with van der Waals surface area (Å²) in [6.45, 7) is 1.61. The monoisotopic (exact) mass is 453 g/mol. The van der Waals surface area contributed by atoms with E-state index >= 15 is 0 Å². The number of alkyl halides is 3. The van der Waals surface area contributed by atoms with Crippen molar-refractivity contribution < 1.29 is 18.0 Å². The van der Waals surface area contributed by atoms with Crippen molar-refractivity contribution in [3.05, 3.63) is 77.9 Å². The lowest BCUT2D eigenvalue weighted by molar-refractivity contribution is -0.136. The molecule has 0 radical (unpaired) electrons. The van der Waals surface area contributed by atoms with Gasteiger partial charge in [-0.25, -0.2) is 9.67 Å². The number of amides is 1. The number of nitrogens with one attached hydrogen (secondary N) is 2. The SMILES string of the molecule is CC(NC(=O)CNc1cc(C(F)(F)F)c2c(-c3ccccc3)nn(C)c2n1)c1ccccc1. The number of aryl methyl sites for hydroxylation is 1. The van der Waals surface area contributed by atoms with E-state index in [4.69, 9.17) is 0 Å². The third kappa shape index (κ3) is 4.82. The van der Waals surface area contributed by atoms with E-state index in [-0.39, 0.29) is 41.0 Å². The Bertz CT molecular complexity index is 1270. The zero-order valence-electron chi connectivity index (χ0n) is 18.0. The average molecular weight is 453 g/mol. The molecule has 33 heavy (non-hydrogen) atoms. The van der Waals surface area contributed by atoms with Crippen LogP contribution < -0.4 is 10.6 Å². The first-order valence-electron chi connectivity index (χ1n) is 10.3. The van der Waals surface area contributed by atoms with E-state index in [1.807, 2.05) is 37.3 Å². The minimum absolute atomic E-state index is 0.0556. The summed E-state index contributed by atoms with van der Waals surface area (Å²) in [6.07, 6.45) is -4.63. The lowest BCUT2D eigenvalue weighted by Crippen LogP contribution is -2.32. The molecule has 0 saturated carbocycles. The van der Waals surface area contributed by atoms with Crippen molar-refractivity contribution in [3.63, 3.8) is 0 Å². The minimum Gasteiger partial charge on any atom is -0.361 e. The minimum atomic E-state index is -4.63. The van der Waals surface area contributed by atoms with Gasteiger partial charge in [0.1, 0.15) is 11.5 Å². The van der Waals surface area contributed by atoms with Gasteiger partial charge in [0.05, 0.1) is 23.5 Å². The van der Waals surface area contributed by atoms with Crippen molar-refractivity contribution in [2.75, 3.05) is 11.9 Å².